The van der Waals surface area contributed by atoms with Gasteiger partial charge in [0.2, 0.25) is 0 Å². The number of hydrogen-bond donors (Lipinski definition) is 1. The van der Waals surface area contributed by atoms with Gasteiger partial charge in [-0.25, -0.2) is 0 Å². The minimum atomic E-state index is 0.153. The van der Waals surface area contributed by atoms with Crippen molar-refractivity contribution in [3.8, 4) is 5.75 Å². The number of phenols is 1. The second-order valence-electron chi connectivity index (χ2n) is 3.05. The van der Waals surface area contributed by atoms with Crippen molar-refractivity contribution in [2.75, 3.05) is 0 Å². The average Bonchev–Trinajstić information content (AvgIpc) is 2.23. The number of rotatable bonds is 1. The molecule has 1 aromatic heterocycles. The third-order valence-electron chi connectivity index (χ3n) is 2.13. The number of hydrogen-bond acceptors (Lipinski definition) is 4. The Labute approximate surface area is 80.2 Å². The summed E-state index contributed by atoms with van der Waals surface area (Å²) in [6, 6.07) is 4.94. The minimum Gasteiger partial charge on any atom is -0.507 e. The van der Waals surface area contributed by atoms with E-state index in [-0.39, 0.29) is 11.4 Å². The summed E-state index contributed by atoms with van der Waals surface area (Å²) in [5.74, 6) is 0.153. The SMILES string of the molecule is Cc1cc(N=O)c2ncccc2c1O. The van der Waals surface area contributed by atoms with Crippen LogP contribution in [0.2, 0.25) is 0 Å². The van der Waals surface area contributed by atoms with Crippen LogP contribution in [0.25, 0.3) is 10.9 Å². The molecule has 0 aliphatic carbocycles. The second-order valence-corrected chi connectivity index (χ2v) is 3.05. The Hall–Kier alpha value is -1.97. The van der Waals surface area contributed by atoms with Crippen molar-refractivity contribution >= 4 is 16.6 Å². The first-order chi connectivity index (χ1) is 6.74. The van der Waals surface area contributed by atoms with Crippen LogP contribution < -0.4 is 0 Å². The summed E-state index contributed by atoms with van der Waals surface area (Å²) in [4.78, 5) is 14.5. The second kappa shape index (κ2) is 3.06. The van der Waals surface area contributed by atoms with Crippen molar-refractivity contribution in [3.05, 3.63) is 34.9 Å². The maximum Gasteiger partial charge on any atom is 0.134 e. The van der Waals surface area contributed by atoms with Crippen molar-refractivity contribution in [1.29, 1.82) is 0 Å². The monoisotopic (exact) mass is 188 g/mol. The van der Waals surface area contributed by atoms with E-state index in [9.17, 15) is 10.0 Å². The van der Waals surface area contributed by atoms with Crippen molar-refractivity contribution in [2.45, 2.75) is 6.92 Å². The fraction of sp³-hybridized carbons (Fsp3) is 0.100. The highest BCUT2D eigenvalue weighted by atomic mass is 16.3. The van der Waals surface area contributed by atoms with Crippen LogP contribution in [0.4, 0.5) is 5.69 Å². The molecule has 0 spiro atoms. The molecule has 0 aliphatic heterocycles. The first-order valence-corrected chi connectivity index (χ1v) is 4.14. The zero-order valence-corrected chi connectivity index (χ0v) is 7.56. The molecule has 14 heavy (non-hydrogen) atoms. The number of nitroso groups, excluding NO2 is 1. The fourth-order valence-corrected chi connectivity index (χ4v) is 1.42. The number of benzene rings is 1. The zero-order chi connectivity index (χ0) is 10.1. The topological polar surface area (TPSA) is 62.5 Å². The normalized spacial score (nSPS) is 10.4. The fourth-order valence-electron chi connectivity index (χ4n) is 1.42. The number of nitrogens with zero attached hydrogens (tertiary/aromatic N) is 2. The lowest BCUT2D eigenvalue weighted by molar-refractivity contribution is 0.477. The van der Waals surface area contributed by atoms with Crippen LogP contribution in [0.5, 0.6) is 5.75 Å². The Morgan fingerprint density at radius 1 is 1.50 bits per heavy atom. The highest BCUT2D eigenvalue weighted by Crippen LogP contribution is 2.33. The molecule has 0 saturated carbocycles. The Kier molecular flexibility index (Phi) is 1.89. The summed E-state index contributed by atoms with van der Waals surface area (Å²) in [7, 11) is 0. The van der Waals surface area contributed by atoms with Gasteiger partial charge in [0.15, 0.2) is 0 Å². The van der Waals surface area contributed by atoms with Crippen molar-refractivity contribution in [1.82, 2.24) is 4.98 Å². The van der Waals surface area contributed by atoms with E-state index in [2.05, 4.69) is 10.2 Å². The summed E-state index contributed by atoms with van der Waals surface area (Å²) < 4.78 is 0. The van der Waals surface area contributed by atoms with Gasteiger partial charge in [0, 0.05) is 11.6 Å². The molecule has 1 aromatic carbocycles. The number of aryl methyl sites for hydroxylation is 1. The van der Waals surface area contributed by atoms with E-state index in [1.54, 1.807) is 25.3 Å². The van der Waals surface area contributed by atoms with Gasteiger partial charge in [0.05, 0.1) is 0 Å². The lowest BCUT2D eigenvalue weighted by Gasteiger charge is -2.04. The van der Waals surface area contributed by atoms with Gasteiger partial charge in [-0.05, 0) is 35.9 Å². The van der Waals surface area contributed by atoms with Crippen molar-refractivity contribution in [2.24, 2.45) is 5.18 Å². The van der Waals surface area contributed by atoms with E-state index in [1.807, 2.05) is 0 Å². The van der Waals surface area contributed by atoms with E-state index < -0.39 is 0 Å². The summed E-state index contributed by atoms with van der Waals surface area (Å²) >= 11 is 0. The average molecular weight is 188 g/mol. The van der Waals surface area contributed by atoms with E-state index in [4.69, 9.17) is 0 Å². The van der Waals surface area contributed by atoms with Gasteiger partial charge in [-0.3, -0.25) is 4.98 Å². The third-order valence-corrected chi connectivity index (χ3v) is 2.13. The molecule has 4 heteroatoms. The van der Waals surface area contributed by atoms with Gasteiger partial charge in [-0.15, -0.1) is 4.91 Å². The summed E-state index contributed by atoms with van der Waals surface area (Å²) in [5.41, 5.74) is 1.32. The molecule has 0 fully saturated rings. The van der Waals surface area contributed by atoms with Crippen LogP contribution in [-0.2, 0) is 0 Å². The standard InChI is InChI=1S/C10H8N2O2/c1-6-5-8(12-14)9-7(10(6)13)3-2-4-11-9/h2-5,13H,1H3. The first-order valence-electron chi connectivity index (χ1n) is 4.14. The first kappa shape index (κ1) is 8.62. The van der Waals surface area contributed by atoms with Crippen LogP contribution in [0.15, 0.2) is 29.6 Å². The largest absolute Gasteiger partial charge is 0.507 e. The van der Waals surface area contributed by atoms with Gasteiger partial charge in [-0.2, -0.15) is 0 Å². The highest BCUT2D eigenvalue weighted by molar-refractivity contribution is 5.94. The summed E-state index contributed by atoms with van der Waals surface area (Å²) in [6.45, 7) is 1.72. The Morgan fingerprint density at radius 3 is 3.00 bits per heavy atom. The smallest absolute Gasteiger partial charge is 0.134 e. The molecule has 0 saturated heterocycles. The molecule has 0 atom stereocenters. The molecule has 4 nitrogen and oxygen atoms in total. The van der Waals surface area contributed by atoms with E-state index in [0.717, 1.165) is 0 Å². The maximum absolute atomic E-state index is 10.5. The van der Waals surface area contributed by atoms with Crippen LogP contribution in [-0.4, -0.2) is 10.1 Å². The van der Waals surface area contributed by atoms with Crippen LogP contribution in [0.1, 0.15) is 5.56 Å². The summed E-state index contributed by atoms with van der Waals surface area (Å²) in [6.07, 6.45) is 1.56. The van der Waals surface area contributed by atoms with Crippen molar-refractivity contribution in [3.63, 3.8) is 0 Å². The minimum absolute atomic E-state index is 0.153. The molecule has 0 unspecified atom stereocenters. The highest BCUT2D eigenvalue weighted by Gasteiger charge is 2.09. The molecule has 70 valence electrons. The molecule has 0 aliphatic rings. The van der Waals surface area contributed by atoms with Crippen molar-refractivity contribution < 1.29 is 5.11 Å². The van der Waals surface area contributed by atoms with Gasteiger partial charge in [0.25, 0.3) is 0 Å². The molecule has 1 heterocycles. The van der Waals surface area contributed by atoms with Gasteiger partial charge >= 0.3 is 0 Å². The number of fused-ring (bicyclic) bond motifs is 1. The Balaban J connectivity index is 2.96. The van der Waals surface area contributed by atoms with E-state index in [0.29, 0.717) is 16.5 Å². The van der Waals surface area contributed by atoms with Crippen LogP contribution in [0.3, 0.4) is 0 Å². The molecule has 0 bridgehead atoms. The molecule has 1 N–H and O–H groups in total. The van der Waals surface area contributed by atoms with Gasteiger partial charge in [-0.1, -0.05) is 0 Å². The number of pyridine rings is 1. The number of phenolic OH excluding ortho intramolecular Hbond substituents is 1. The van der Waals surface area contributed by atoms with Gasteiger partial charge in [0.1, 0.15) is 17.0 Å². The number of aromatic hydroxyl groups is 1. The Bertz CT molecular complexity index is 509. The van der Waals surface area contributed by atoms with E-state index in [1.165, 1.54) is 6.07 Å². The molecular weight excluding hydrogens is 180 g/mol. The van der Waals surface area contributed by atoms with Crippen LogP contribution in [0, 0.1) is 11.8 Å². The number of aromatic nitrogens is 1. The van der Waals surface area contributed by atoms with Crippen LogP contribution >= 0.6 is 0 Å². The van der Waals surface area contributed by atoms with E-state index >= 15 is 0 Å². The maximum atomic E-state index is 10.5. The quantitative estimate of drug-likeness (QED) is 0.699. The molecule has 2 rings (SSSR count). The lowest BCUT2D eigenvalue weighted by Crippen LogP contribution is -1.82. The molecule has 0 radical (unpaired) electrons. The molecular formula is C10H8N2O2. The predicted molar refractivity (Wildman–Crippen MR) is 53.6 cm³/mol. The molecule has 2 aromatic rings. The lowest BCUT2D eigenvalue weighted by atomic mass is 10.1. The predicted octanol–water partition coefficient (Wildman–Crippen LogP) is 2.65. The summed E-state index contributed by atoms with van der Waals surface area (Å²) in [5, 5.41) is 13.1. The zero-order valence-electron chi connectivity index (χ0n) is 7.56. The third kappa shape index (κ3) is 1.12. The van der Waals surface area contributed by atoms with Gasteiger partial charge < -0.3 is 5.11 Å². The Morgan fingerprint density at radius 2 is 2.29 bits per heavy atom. The molecule has 0 amide bonds.